The highest BCUT2D eigenvalue weighted by molar-refractivity contribution is 6.11. The first-order valence-corrected chi connectivity index (χ1v) is 6.52. The Hall–Kier alpha value is -2.95. The number of phenols is 2. The molecule has 22 heavy (non-hydrogen) atoms. The molecule has 0 unspecified atom stereocenters. The summed E-state index contributed by atoms with van der Waals surface area (Å²) in [7, 11) is 2.66. The van der Waals surface area contributed by atoms with Gasteiger partial charge in [-0.1, -0.05) is 36.4 Å². The lowest BCUT2D eigenvalue weighted by molar-refractivity contribution is 0.104. The molecule has 5 nitrogen and oxygen atoms in total. The lowest BCUT2D eigenvalue weighted by atomic mass is 10.1. The van der Waals surface area contributed by atoms with Crippen molar-refractivity contribution in [3.8, 4) is 23.0 Å². The number of ether oxygens (including phenoxy) is 2. The zero-order chi connectivity index (χ0) is 16.1. The van der Waals surface area contributed by atoms with Crippen LogP contribution in [0.2, 0.25) is 0 Å². The van der Waals surface area contributed by atoms with Crippen molar-refractivity contribution in [2.45, 2.75) is 0 Å². The molecular weight excluding hydrogens is 284 g/mol. The molecule has 0 bridgehead atoms. The molecule has 0 heterocycles. The van der Waals surface area contributed by atoms with Gasteiger partial charge in [0, 0.05) is 6.07 Å². The molecule has 114 valence electrons. The highest BCUT2D eigenvalue weighted by Crippen LogP contribution is 2.44. The van der Waals surface area contributed by atoms with E-state index in [0.29, 0.717) is 0 Å². The second-order valence-electron chi connectivity index (χ2n) is 4.46. The van der Waals surface area contributed by atoms with E-state index in [-0.39, 0.29) is 28.6 Å². The van der Waals surface area contributed by atoms with Crippen molar-refractivity contribution >= 4 is 11.9 Å². The van der Waals surface area contributed by atoms with Crippen LogP contribution >= 0.6 is 0 Å². The maximum absolute atomic E-state index is 12.3. The summed E-state index contributed by atoms with van der Waals surface area (Å²) >= 11 is 0. The standard InChI is InChI=1S/C17H16O5/c1-21-16-14(20)10-13(19)15(17(16)22-2)12(18)9-8-11-6-4-3-5-7-11/h3-10,19-20H,1-2H3/b9-8+. The van der Waals surface area contributed by atoms with Crippen LogP contribution in [0.1, 0.15) is 15.9 Å². The van der Waals surface area contributed by atoms with Gasteiger partial charge < -0.3 is 19.7 Å². The Labute approximate surface area is 128 Å². The fourth-order valence-electron chi connectivity index (χ4n) is 2.06. The fourth-order valence-corrected chi connectivity index (χ4v) is 2.06. The first-order valence-electron chi connectivity index (χ1n) is 6.52. The van der Waals surface area contributed by atoms with Gasteiger partial charge in [-0.3, -0.25) is 4.79 Å². The van der Waals surface area contributed by atoms with E-state index in [9.17, 15) is 15.0 Å². The van der Waals surface area contributed by atoms with Crippen LogP contribution in [0.4, 0.5) is 0 Å². The molecule has 2 aromatic rings. The molecule has 5 heteroatoms. The molecule has 2 N–H and O–H groups in total. The van der Waals surface area contributed by atoms with Crippen molar-refractivity contribution in [1.82, 2.24) is 0 Å². The molecule has 0 fully saturated rings. The first-order chi connectivity index (χ1) is 10.6. The average molecular weight is 300 g/mol. The highest BCUT2D eigenvalue weighted by Gasteiger charge is 2.23. The second-order valence-corrected chi connectivity index (χ2v) is 4.46. The molecule has 0 saturated heterocycles. The highest BCUT2D eigenvalue weighted by atomic mass is 16.5. The Morgan fingerprint density at radius 1 is 1.00 bits per heavy atom. The van der Waals surface area contributed by atoms with E-state index < -0.39 is 5.78 Å². The Balaban J connectivity index is 2.43. The summed E-state index contributed by atoms with van der Waals surface area (Å²) < 4.78 is 10.1. The predicted molar refractivity (Wildman–Crippen MR) is 82.7 cm³/mol. The van der Waals surface area contributed by atoms with Crippen LogP contribution in [-0.4, -0.2) is 30.2 Å². The number of phenolic OH excluding ortho intramolecular Hbond substituents is 2. The molecule has 0 atom stereocenters. The zero-order valence-corrected chi connectivity index (χ0v) is 12.2. The molecule has 0 amide bonds. The van der Waals surface area contributed by atoms with Crippen LogP contribution in [0, 0.1) is 0 Å². The quantitative estimate of drug-likeness (QED) is 0.655. The van der Waals surface area contributed by atoms with Gasteiger partial charge in [-0.15, -0.1) is 0 Å². The molecule has 0 spiro atoms. The van der Waals surface area contributed by atoms with Crippen LogP contribution in [-0.2, 0) is 0 Å². The number of hydrogen-bond acceptors (Lipinski definition) is 5. The van der Waals surface area contributed by atoms with Crippen LogP contribution in [0.3, 0.4) is 0 Å². The van der Waals surface area contributed by atoms with Crippen molar-refractivity contribution in [2.75, 3.05) is 14.2 Å². The Morgan fingerprint density at radius 3 is 2.23 bits per heavy atom. The maximum Gasteiger partial charge on any atom is 0.204 e. The van der Waals surface area contributed by atoms with Gasteiger partial charge in [0.15, 0.2) is 17.3 Å². The summed E-state index contributed by atoms with van der Waals surface area (Å²) in [5, 5.41) is 19.7. The predicted octanol–water partition coefficient (Wildman–Crippen LogP) is 3.01. The van der Waals surface area contributed by atoms with Gasteiger partial charge in [0.2, 0.25) is 5.75 Å². The zero-order valence-electron chi connectivity index (χ0n) is 12.2. The number of rotatable bonds is 5. The fraction of sp³-hybridized carbons (Fsp3) is 0.118. The Kier molecular flexibility index (Phi) is 4.68. The first kappa shape index (κ1) is 15.4. The van der Waals surface area contributed by atoms with Gasteiger partial charge in [-0.2, -0.15) is 0 Å². The van der Waals surface area contributed by atoms with Crippen molar-refractivity contribution in [3.05, 3.63) is 53.6 Å². The van der Waals surface area contributed by atoms with Gasteiger partial charge in [0.25, 0.3) is 0 Å². The SMILES string of the molecule is COc1c(O)cc(O)c(C(=O)/C=C/c2ccccc2)c1OC. The lowest BCUT2D eigenvalue weighted by Gasteiger charge is -2.13. The molecule has 0 aliphatic carbocycles. The summed E-state index contributed by atoms with van der Waals surface area (Å²) in [4.78, 5) is 12.3. The summed E-state index contributed by atoms with van der Waals surface area (Å²) in [6, 6.07) is 10.3. The molecule has 2 rings (SSSR count). The Morgan fingerprint density at radius 2 is 1.64 bits per heavy atom. The number of carbonyl (C=O) groups excluding carboxylic acids is 1. The van der Waals surface area contributed by atoms with Gasteiger partial charge in [-0.05, 0) is 11.6 Å². The van der Waals surface area contributed by atoms with Crippen LogP contribution in [0.5, 0.6) is 23.0 Å². The number of benzene rings is 2. The number of carbonyl (C=O) groups is 1. The smallest absolute Gasteiger partial charge is 0.204 e. The van der Waals surface area contributed by atoms with E-state index in [0.717, 1.165) is 11.6 Å². The van der Waals surface area contributed by atoms with Crippen molar-refractivity contribution in [3.63, 3.8) is 0 Å². The average Bonchev–Trinajstić information content (AvgIpc) is 2.52. The minimum atomic E-state index is -0.462. The third kappa shape index (κ3) is 3.03. The van der Waals surface area contributed by atoms with E-state index in [1.54, 1.807) is 6.08 Å². The molecular formula is C17H16O5. The van der Waals surface area contributed by atoms with Crippen molar-refractivity contribution in [1.29, 1.82) is 0 Å². The van der Waals surface area contributed by atoms with Gasteiger partial charge in [-0.25, -0.2) is 0 Å². The number of allylic oxidation sites excluding steroid dienone is 1. The maximum atomic E-state index is 12.3. The summed E-state index contributed by atoms with van der Waals surface area (Å²) in [5.74, 6) is -1.16. The second kappa shape index (κ2) is 6.67. The van der Waals surface area contributed by atoms with E-state index in [2.05, 4.69) is 0 Å². The molecule has 0 aliphatic rings. The van der Waals surface area contributed by atoms with E-state index >= 15 is 0 Å². The van der Waals surface area contributed by atoms with Crippen LogP contribution in [0.15, 0.2) is 42.5 Å². The largest absolute Gasteiger partial charge is 0.507 e. The molecule has 2 aromatic carbocycles. The Bertz CT molecular complexity index is 705. The van der Waals surface area contributed by atoms with E-state index in [1.165, 1.54) is 20.3 Å². The number of ketones is 1. The van der Waals surface area contributed by atoms with E-state index in [1.807, 2.05) is 30.3 Å². The third-order valence-corrected chi connectivity index (χ3v) is 3.08. The normalized spacial score (nSPS) is 10.6. The molecule has 0 aliphatic heterocycles. The van der Waals surface area contributed by atoms with Crippen LogP contribution < -0.4 is 9.47 Å². The monoisotopic (exact) mass is 300 g/mol. The number of hydrogen-bond donors (Lipinski definition) is 2. The molecule has 0 saturated carbocycles. The van der Waals surface area contributed by atoms with Gasteiger partial charge >= 0.3 is 0 Å². The third-order valence-electron chi connectivity index (χ3n) is 3.08. The summed E-state index contributed by atoms with van der Waals surface area (Å²) in [6.07, 6.45) is 2.95. The molecule has 0 radical (unpaired) electrons. The minimum Gasteiger partial charge on any atom is -0.507 e. The summed E-state index contributed by atoms with van der Waals surface area (Å²) in [5.41, 5.74) is 0.782. The van der Waals surface area contributed by atoms with Crippen molar-refractivity contribution in [2.24, 2.45) is 0 Å². The summed E-state index contributed by atoms with van der Waals surface area (Å²) in [6.45, 7) is 0. The topological polar surface area (TPSA) is 76.0 Å². The van der Waals surface area contributed by atoms with Gasteiger partial charge in [0.05, 0.1) is 14.2 Å². The van der Waals surface area contributed by atoms with Gasteiger partial charge in [0.1, 0.15) is 11.3 Å². The number of methoxy groups -OCH3 is 2. The minimum absolute atomic E-state index is 0.00300. The number of aromatic hydroxyl groups is 2. The lowest BCUT2D eigenvalue weighted by Crippen LogP contribution is -2.02. The van der Waals surface area contributed by atoms with Crippen LogP contribution in [0.25, 0.3) is 6.08 Å². The van der Waals surface area contributed by atoms with Crippen molar-refractivity contribution < 1.29 is 24.5 Å². The van der Waals surface area contributed by atoms with E-state index in [4.69, 9.17) is 9.47 Å². The molecule has 0 aromatic heterocycles.